The van der Waals surface area contributed by atoms with E-state index in [1.54, 1.807) is 12.1 Å². The molecule has 0 unspecified atom stereocenters. The number of halogens is 1. The van der Waals surface area contributed by atoms with E-state index < -0.39 is 0 Å². The van der Waals surface area contributed by atoms with Gasteiger partial charge in [0.2, 0.25) is 5.78 Å². The number of carbonyl (C=O) groups excluding carboxylic acids is 1. The molecule has 0 aliphatic carbocycles. The van der Waals surface area contributed by atoms with E-state index in [1.807, 2.05) is 36.4 Å². The molecule has 4 heteroatoms. The van der Waals surface area contributed by atoms with E-state index >= 15 is 0 Å². The van der Waals surface area contributed by atoms with Crippen molar-refractivity contribution in [1.29, 1.82) is 5.26 Å². The summed E-state index contributed by atoms with van der Waals surface area (Å²) in [4.78, 5) is 12.6. The topological polar surface area (TPSA) is 52.9 Å². The highest BCUT2D eigenvalue weighted by atomic mass is 35.5. The third kappa shape index (κ3) is 3.50. The summed E-state index contributed by atoms with van der Waals surface area (Å²) in [5.74, 6) is -0.218. The normalized spacial score (nSPS) is 16.0. The van der Waals surface area contributed by atoms with Gasteiger partial charge in [-0.25, -0.2) is 0 Å². The summed E-state index contributed by atoms with van der Waals surface area (Å²) in [7, 11) is 0. The molecule has 120 valence electrons. The van der Waals surface area contributed by atoms with Gasteiger partial charge < -0.3 is 5.32 Å². The van der Waals surface area contributed by atoms with Crippen LogP contribution in [0.5, 0.6) is 0 Å². The zero-order valence-electron chi connectivity index (χ0n) is 13.2. The van der Waals surface area contributed by atoms with Crippen molar-refractivity contribution in [2.75, 3.05) is 6.54 Å². The van der Waals surface area contributed by atoms with Crippen LogP contribution >= 0.6 is 11.6 Å². The molecule has 2 aromatic rings. The zero-order chi connectivity index (χ0) is 16.9. The van der Waals surface area contributed by atoms with Gasteiger partial charge >= 0.3 is 0 Å². The summed E-state index contributed by atoms with van der Waals surface area (Å²) in [6, 6.07) is 17.0. The third-order valence-corrected chi connectivity index (χ3v) is 4.41. The van der Waals surface area contributed by atoms with Gasteiger partial charge in [-0.15, -0.1) is 0 Å². The van der Waals surface area contributed by atoms with Crippen molar-refractivity contribution >= 4 is 17.4 Å². The van der Waals surface area contributed by atoms with Crippen molar-refractivity contribution in [3.63, 3.8) is 0 Å². The van der Waals surface area contributed by atoms with Gasteiger partial charge in [0.05, 0.1) is 0 Å². The number of nitriles is 1. The number of hydrogen-bond donors (Lipinski definition) is 1. The number of piperidine rings is 1. The molecule has 1 fully saturated rings. The van der Waals surface area contributed by atoms with E-state index in [2.05, 4.69) is 11.4 Å². The van der Waals surface area contributed by atoms with Crippen molar-refractivity contribution in [1.82, 2.24) is 5.32 Å². The maximum atomic E-state index is 12.6. The lowest BCUT2D eigenvalue weighted by Gasteiger charge is -2.18. The lowest BCUT2D eigenvalue weighted by atomic mass is 9.96. The fourth-order valence-electron chi connectivity index (χ4n) is 2.82. The Morgan fingerprint density at radius 2 is 1.62 bits per heavy atom. The first kappa shape index (κ1) is 16.3. The predicted octanol–water partition coefficient (Wildman–Crippen LogP) is 4.74. The Morgan fingerprint density at radius 1 is 1.00 bits per heavy atom. The molecule has 0 atom stereocenters. The lowest BCUT2D eigenvalue weighted by Crippen LogP contribution is -2.23. The number of Topliss-reactive ketones (excluding diaryl/α,β-unsaturated/α-hetero) is 1. The van der Waals surface area contributed by atoms with Gasteiger partial charge in [-0.2, -0.15) is 5.26 Å². The van der Waals surface area contributed by atoms with Crippen LogP contribution in [0.25, 0.3) is 11.1 Å². The SMILES string of the molecule is N#C/C(C(=O)c1ccc(-c2ccc(Cl)cc2)cc1)=C1\CCCCN1. The molecule has 2 aromatic carbocycles. The van der Waals surface area contributed by atoms with Crippen LogP contribution in [-0.4, -0.2) is 12.3 Å². The number of nitrogens with zero attached hydrogens (tertiary/aromatic N) is 1. The molecule has 3 nitrogen and oxygen atoms in total. The molecule has 1 aliphatic heterocycles. The van der Waals surface area contributed by atoms with Crippen molar-refractivity contribution in [2.24, 2.45) is 0 Å². The fraction of sp³-hybridized carbons (Fsp3) is 0.200. The van der Waals surface area contributed by atoms with Crippen LogP contribution in [0.4, 0.5) is 0 Å². The maximum absolute atomic E-state index is 12.6. The van der Waals surface area contributed by atoms with Gasteiger partial charge in [0.1, 0.15) is 11.6 Å². The minimum absolute atomic E-state index is 0.218. The average molecular weight is 337 g/mol. The van der Waals surface area contributed by atoms with Gasteiger partial charge in [0.25, 0.3) is 0 Å². The van der Waals surface area contributed by atoms with Gasteiger partial charge in [0, 0.05) is 22.8 Å². The first-order valence-corrected chi connectivity index (χ1v) is 8.34. The Balaban J connectivity index is 1.86. The predicted molar refractivity (Wildman–Crippen MR) is 95.7 cm³/mol. The quantitative estimate of drug-likeness (QED) is 0.500. The fourth-order valence-corrected chi connectivity index (χ4v) is 2.95. The smallest absolute Gasteiger partial charge is 0.205 e. The van der Waals surface area contributed by atoms with Crippen molar-refractivity contribution in [3.8, 4) is 17.2 Å². The Bertz CT molecular complexity index is 806. The van der Waals surface area contributed by atoms with Crippen LogP contribution in [-0.2, 0) is 0 Å². The molecule has 1 aliphatic rings. The van der Waals surface area contributed by atoms with Gasteiger partial charge in [-0.1, -0.05) is 48.0 Å². The number of hydrogen-bond acceptors (Lipinski definition) is 3. The minimum atomic E-state index is -0.218. The summed E-state index contributed by atoms with van der Waals surface area (Å²) < 4.78 is 0. The van der Waals surface area contributed by atoms with E-state index in [9.17, 15) is 10.1 Å². The van der Waals surface area contributed by atoms with Crippen molar-refractivity contribution in [3.05, 3.63) is 70.4 Å². The first-order chi connectivity index (χ1) is 11.7. The van der Waals surface area contributed by atoms with E-state index in [0.29, 0.717) is 10.6 Å². The number of benzene rings is 2. The highest BCUT2D eigenvalue weighted by Crippen LogP contribution is 2.23. The summed E-state index contributed by atoms with van der Waals surface area (Å²) in [5, 5.41) is 13.3. The van der Waals surface area contributed by atoms with Crippen molar-refractivity contribution in [2.45, 2.75) is 19.3 Å². The molecule has 3 rings (SSSR count). The molecule has 0 amide bonds. The summed E-state index contributed by atoms with van der Waals surface area (Å²) in [6.45, 7) is 0.823. The Labute approximate surface area is 146 Å². The van der Waals surface area contributed by atoms with E-state index in [4.69, 9.17) is 11.6 Å². The zero-order valence-corrected chi connectivity index (χ0v) is 13.9. The van der Waals surface area contributed by atoms with Crippen LogP contribution in [0.3, 0.4) is 0 Å². The first-order valence-electron chi connectivity index (χ1n) is 7.97. The molecule has 0 saturated carbocycles. The number of carbonyl (C=O) groups is 1. The molecule has 1 heterocycles. The van der Waals surface area contributed by atoms with Crippen LogP contribution in [0.1, 0.15) is 29.6 Å². The number of ketones is 1. The van der Waals surface area contributed by atoms with E-state index in [1.165, 1.54) is 0 Å². The molecule has 1 N–H and O–H groups in total. The molecule has 0 spiro atoms. The Hall–Kier alpha value is -2.57. The van der Waals surface area contributed by atoms with Crippen LogP contribution < -0.4 is 5.32 Å². The largest absolute Gasteiger partial charge is 0.387 e. The molecule has 24 heavy (non-hydrogen) atoms. The Morgan fingerprint density at radius 3 is 2.17 bits per heavy atom. The van der Waals surface area contributed by atoms with E-state index in [-0.39, 0.29) is 11.4 Å². The summed E-state index contributed by atoms with van der Waals surface area (Å²) in [6.07, 6.45) is 2.85. The second-order valence-electron chi connectivity index (χ2n) is 5.76. The highest BCUT2D eigenvalue weighted by Gasteiger charge is 2.18. The standard InChI is InChI=1S/C20H17ClN2O/c21-17-10-8-15(9-11-17)14-4-6-16(7-5-14)20(24)18(13-22)19-3-1-2-12-23-19/h4-11,23H,1-3,12H2/b19-18-. The highest BCUT2D eigenvalue weighted by molar-refractivity contribution is 6.30. The molecule has 1 saturated heterocycles. The summed E-state index contributed by atoms with van der Waals surface area (Å²) >= 11 is 5.90. The van der Waals surface area contributed by atoms with E-state index in [0.717, 1.165) is 42.6 Å². The Kier molecular flexibility index (Phi) is 4.98. The number of allylic oxidation sites excluding steroid dienone is 2. The molecular weight excluding hydrogens is 320 g/mol. The molecule has 0 bridgehead atoms. The second kappa shape index (κ2) is 7.33. The molecular formula is C20H17ClN2O. The monoisotopic (exact) mass is 336 g/mol. The molecule has 0 radical (unpaired) electrons. The lowest BCUT2D eigenvalue weighted by molar-refractivity contribution is 0.103. The third-order valence-electron chi connectivity index (χ3n) is 4.16. The maximum Gasteiger partial charge on any atom is 0.205 e. The number of rotatable bonds is 3. The van der Waals surface area contributed by atoms with Gasteiger partial charge in [0.15, 0.2) is 0 Å². The second-order valence-corrected chi connectivity index (χ2v) is 6.20. The van der Waals surface area contributed by atoms with Crippen LogP contribution in [0, 0.1) is 11.3 Å². The van der Waals surface area contributed by atoms with Gasteiger partial charge in [-0.3, -0.25) is 4.79 Å². The van der Waals surface area contributed by atoms with Crippen molar-refractivity contribution < 1.29 is 4.79 Å². The minimum Gasteiger partial charge on any atom is -0.387 e. The number of nitrogens with one attached hydrogen (secondary N) is 1. The van der Waals surface area contributed by atoms with Crippen LogP contribution in [0.15, 0.2) is 59.8 Å². The molecule has 0 aromatic heterocycles. The summed E-state index contributed by atoms with van der Waals surface area (Å²) in [5.41, 5.74) is 3.57. The van der Waals surface area contributed by atoms with Crippen LogP contribution in [0.2, 0.25) is 5.02 Å². The van der Waals surface area contributed by atoms with Gasteiger partial charge in [-0.05, 0) is 42.5 Å². The average Bonchev–Trinajstić information content (AvgIpc) is 2.64.